The lowest BCUT2D eigenvalue weighted by Gasteiger charge is -2.10. The molecule has 0 unspecified atom stereocenters. The summed E-state index contributed by atoms with van der Waals surface area (Å²) in [6.07, 6.45) is 2.33. The molecule has 1 aliphatic carbocycles. The molecule has 162 valence electrons. The Kier molecular flexibility index (Phi) is 6.52. The summed E-state index contributed by atoms with van der Waals surface area (Å²) < 4.78 is 20.1. The number of ether oxygens (including phenoxy) is 1. The number of rotatable bonds is 7. The van der Waals surface area contributed by atoms with Crippen LogP contribution in [-0.2, 0) is 22.4 Å². The van der Waals surface area contributed by atoms with Crippen molar-refractivity contribution in [2.75, 3.05) is 17.7 Å². The zero-order valence-corrected chi connectivity index (χ0v) is 17.8. The van der Waals surface area contributed by atoms with Crippen molar-refractivity contribution >= 4 is 29.3 Å². The maximum Gasteiger partial charge on any atom is 0.359 e. The van der Waals surface area contributed by atoms with Gasteiger partial charge in [-0.1, -0.05) is 12.1 Å². The molecular formula is C23H19FN4O3S. The van der Waals surface area contributed by atoms with Crippen LogP contribution in [0, 0.1) is 17.1 Å². The van der Waals surface area contributed by atoms with E-state index in [1.807, 2.05) is 12.1 Å². The van der Waals surface area contributed by atoms with Crippen molar-refractivity contribution in [2.45, 2.75) is 24.2 Å². The monoisotopic (exact) mass is 450 g/mol. The van der Waals surface area contributed by atoms with Crippen LogP contribution in [0.25, 0.3) is 5.69 Å². The van der Waals surface area contributed by atoms with Crippen molar-refractivity contribution in [1.82, 2.24) is 9.78 Å². The van der Waals surface area contributed by atoms with Crippen molar-refractivity contribution in [3.63, 3.8) is 0 Å². The van der Waals surface area contributed by atoms with E-state index in [1.165, 1.54) is 23.9 Å². The van der Waals surface area contributed by atoms with Gasteiger partial charge in [-0.2, -0.15) is 10.4 Å². The number of benzene rings is 2. The number of hydrogen-bond donors (Lipinski definition) is 1. The molecule has 1 aliphatic rings. The molecule has 1 amide bonds. The van der Waals surface area contributed by atoms with E-state index in [2.05, 4.69) is 10.4 Å². The van der Waals surface area contributed by atoms with Gasteiger partial charge in [0.2, 0.25) is 0 Å². The first-order chi connectivity index (χ1) is 15.6. The van der Waals surface area contributed by atoms with Crippen molar-refractivity contribution in [1.29, 1.82) is 5.26 Å². The van der Waals surface area contributed by atoms with Gasteiger partial charge in [0.1, 0.15) is 5.82 Å². The summed E-state index contributed by atoms with van der Waals surface area (Å²) >= 11 is 1.31. The van der Waals surface area contributed by atoms with Crippen LogP contribution in [0.5, 0.6) is 0 Å². The summed E-state index contributed by atoms with van der Waals surface area (Å²) in [5.74, 6) is -1.26. The first-order valence-electron chi connectivity index (χ1n) is 9.99. The number of hydrogen-bond acceptors (Lipinski definition) is 6. The fourth-order valence-electron chi connectivity index (χ4n) is 3.59. The molecular weight excluding hydrogens is 431 g/mol. The zero-order valence-electron chi connectivity index (χ0n) is 17.0. The lowest BCUT2D eigenvalue weighted by atomic mass is 10.2. The van der Waals surface area contributed by atoms with E-state index in [-0.39, 0.29) is 17.3 Å². The second kappa shape index (κ2) is 9.66. The number of anilines is 1. The van der Waals surface area contributed by atoms with Crippen LogP contribution >= 0.6 is 11.8 Å². The van der Waals surface area contributed by atoms with Gasteiger partial charge in [0.05, 0.1) is 23.2 Å². The van der Waals surface area contributed by atoms with Crippen LogP contribution in [0.2, 0.25) is 0 Å². The summed E-state index contributed by atoms with van der Waals surface area (Å²) in [6.45, 7) is -0.464. The highest BCUT2D eigenvalue weighted by atomic mass is 32.2. The Morgan fingerprint density at radius 2 is 1.97 bits per heavy atom. The Morgan fingerprint density at radius 1 is 1.19 bits per heavy atom. The van der Waals surface area contributed by atoms with Crippen LogP contribution in [-0.4, -0.2) is 34.0 Å². The number of carbonyl (C=O) groups is 2. The number of carbonyl (C=O) groups excluding carboxylic acids is 2. The Balaban J connectivity index is 1.44. The average Bonchev–Trinajstić information content (AvgIpc) is 3.41. The molecule has 0 atom stereocenters. The van der Waals surface area contributed by atoms with Crippen LogP contribution in [0.4, 0.5) is 10.1 Å². The molecule has 4 rings (SSSR count). The van der Waals surface area contributed by atoms with Crippen molar-refractivity contribution in [3.05, 3.63) is 71.3 Å². The number of para-hydroxylation sites is 1. The molecule has 0 saturated carbocycles. The molecule has 1 aromatic heterocycles. The third-order valence-electron chi connectivity index (χ3n) is 4.98. The number of nitrogens with one attached hydrogen (secondary N) is 1. The minimum atomic E-state index is -0.675. The van der Waals surface area contributed by atoms with E-state index >= 15 is 0 Å². The molecule has 2 aromatic carbocycles. The summed E-state index contributed by atoms with van der Waals surface area (Å²) in [7, 11) is 0. The number of nitrogens with zero attached hydrogens (tertiary/aromatic N) is 3. The molecule has 0 saturated heterocycles. The molecule has 0 aliphatic heterocycles. The minimum Gasteiger partial charge on any atom is -0.451 e. The lowest BCUT2D eigenvalue weighted by Crippen LogP contribution is -2.22. The fraction of sp³-hybridized carbons (Fsp3) is 0.217. The van der Waals surface area contributed by atoms with E-state index in [0.29, 0.717) is 17.8 Å². The number of nitriles is 1. The molecule has 0 bridgehead atoms. The highest BCUT2D eigenvalue weighted by Gasteiger charge is 2.28. The SMILES string of the molecule is N#CCSc1ccccc1NC(=O)COC(=O)c1nn(-c2ccc(F)cc2)c2c1CCC2. The molecule has 0 fully saturated rings. The molecule has 0 spiro atoms. The number of aromatic nitrogens is 2. The fourth-order valence-corrected chi connectivity index (χ4v) is 4.26. The van der Waals surface area contributed by atoms with E-state index in [9.17, 15) is 14.0 Å². The summed E-state index contributed by atoms with van der Waals surface area (Å²) in [4.78, 5) is 25.8. The van der Waals surface area contributed by atoms with Gasteiger partial charge in [-0.25, -0.2) is 13.9 Å². The van der Waals surface area contributed by atoms with Gasteiger partial charge in [0.25, 0.3) is 5.91 Å². The Bertz CT molecular complexity index is 1200. The Labute approximate surface area is 188 Å². The molecule has 1 heterocycles. The summed E-state index contributed by atoms with van der Waals surface area (Å²) in [6, 6.07) is 15.0. The van der Waals surface area contributed by atoms with Gasteiger partial charge >= 0.3 is 5.97 Å². The third-order valence-corrected chi connectivity index (χ3v) is 5.92. The van der Waals surface area contributed by atoms with Crippen LogP contribution in [0.3, 0.4) is 0 Å². The maximum absolute atomic E-state index is 13.3. The highest BCUT2D eigenvalue weighted by molar-refractivity contribution is 7.99. The zero-order chi connectivity index (χ0) is 22.5. The largest absolute Gasteiger partial charge is 0.451 e. The van der Waals surface area contributed by atoms with Crippen LogP contribution in [0.15, 0.2) is 53.4 Å². The number of fused-ring (bicyclic) bond motifs is 1. The third kappa shape index (κ3) is 4.65. The molecule has 1 N–H and O–H groups in total. The summed E-state index contributed by atoms with van der Waals surface area (Å²) in [5.41, 5.74) is 3.09. The number of thioether (sulfide) groups is 1. The minimum absolute atomic E-state index is 0.180. The van der Waals surface area contributed by atoms with Gasteiger partial charge in [-0.05, 0) is 55.7 Å². The second-order valence-electron chi connectivity index (χ2n) is 7.08. The second-order valence-corrected chi connectivity index (χ2v) is 8.10. The van der Waals surface area contributed by atoms with E-state index < -0.39 is 18.5 Å². The van der Waals surface area contributed by atoms with Crippen LogP contribution in [0.1, 0.15) is 28.2 Å². The predicted molar refractivity (Wildman–Crippen MR) is 117 cm³/mol. The number of halogens is 1. The lowest BCUT2D eigenvalue weighted by molar-refractivity contribution is -0.119. The average molecular weight is 450 g/mol. The quantitative estimate of drug-likeness (QED) is 0.433. The van der Waals surface area contributed by atoms with Gasteiger partial charge < -0.3 is 10.1 Å². The van der Waals surface area contributed by atoms with Crippen molar-refractivity contribution in [3.8, 4) is 11.8 Å². The highest BCUT2D eigenvalue weighted by Crippen LogP contribution is 2.29. The predicted octanol–water partition coefficient (Wildman–Crippen LogP) is 3.91. The Morgan fingerprint density at radius 3 is 2.75 bits per heavy atom. The smallest absolute Gasteiger partial charge is 0.359 e. The van der Waals surface area contributed by atoms with Gasteiger partial charge in [0, 0.05) is 16.2 Å². The first kappa shape index (κ1) is 21.6. The van der Waals surface area contributed by atoms with Crippen molar-refractivity contribution < 1.29 is 18.7 Å². The maximum atomic E-state index is 13.3. The normalized spacial score (nSPS) is 12.1. The van der Waals surface area contributed by atoms with E-state index in [1.54, 1.807) is 35.0 Å². The van der Waals surface area contributed by atoms with Gasteiger partial charge in [-0.3, -0.25) is 4.79 Å². The molecule has 0 radical (unpaired) electrons. The number of esters is 1. The molecule has 7 nitrogen and oxygen atoms in total. The molecule has 3 aromatic rings. The molecule has 9 heteroatoms. The van der Waals surface area contributed by atoms with Gasteiger partial charge in [0.15, 0.2) is 12.3 Å². The first-order valence-corrected chi connectivity index (χ1v) is 11.0. The standard InChI is InChI=1S/C23H19FN4O3S/c24-15-8-10-16(11-9-15)28-19-6-3-4-17(19)22(27-28)23(30)31-14-21(29)26-18-5-1-2-7-20(18)32-13-12-25/h1-2,5,7-11H,3-4,6,13-14H2,(H,26,29). The number of amides is 1. The Hall–Kier alpha value is -3.64. The van der Waals surface area contributed by atoms with Crippen LogP contribution < -0.4 is 5.32 Å². The molecule has 32 heavy (non-hydrogen) atoms. The van der Waals surface area contributed by atoms with E-state index in [0.717, 1.165) is 29.0 Å². The van der Waals surface area contributed by atoms with Gasteiger partial charge in [-0.15, -0.1) is 11.8 Å². The topological polar surface area (TPSA) is 97.0 Å². The summed E-state index contributed by atoms with van der Waals surface area (Å²) in [5, 5.41) is 15.9. The van der Waals surface area contributed by atoms with Crippen molar-refractivity contribution in [2.24, 2.45) is 0 Å². The van der Waals surface area contributed by atoms with E-state index in [4.69, 9.17) is 10.00 Å².